The van der Waals surface area contributed by atoms with Crippen molar-refractivity contribution in [2.24, 2.45) is 0 Å². The molecule has 0 fully saturated rings. The maximum absolute atomic E-state index is 12.8. The van der Waals surface area contributed by atoms with Crippen LogP contribution in [-0.4, -0.2) is 25.2 Å². The molecule has 0 saturated heterocycles. The van der Waals surface area contributed by atoms with E-state index in [-0.39, 0.29) is 0 Å². The molecular formula is C16H15F3N2O. The molecule has 2 aromatic rings. The summed E-state index contributed by atoms with van der Waals surface area (Å²) in [5, 5.41) is 0. The lowest BCUT2D eigenvalue weighted by atomic mass is 10.1. The van der Waals surface area contributed by atoms with E-state index in [9.17, 15) is 13.2 Å². The second kappa shape index (κ2) is 5.51. The summed E-state index contributed by atoms with van der Waals surface area (Å²) in [5.41, 5.74) is 0.267. The molecule has 0 N–H and O–H groups in total. The van der Waals surface area contributed by atoms with Gasteiger partial charge in [-0.1, -0.05) is 12.1 Å². The molecule has 0 atom stereocenters. The Bertz CT molecular complexity index is 685. The molecule has 1 aromatic carbocycles. The molecule has 3 rings (SSSR count). The Hall–Kier alpha value is -2.24. The van der Waals surface area contributed by atoms with Crippen molar-refractivity contribution in [1.29, 1.82) is 0 Å². The van der Waals surface area contributed by atoms with Crippen LogP contribution in [0.1, 0.15) is 12.0 Å². The van der Waals surface area contributed by atoms with Crippen LogP contribution >= 0.6 is 0 Å². The molecule has 3 nitrogen and oxygen atoms in total. The van der Waals surface area contributed by atoms with E-state index in [1.165, 1.54) is 6.07 Å². The molecule has 2 heterocycles. The van der Waals surface area contributed by atoms with E-state index in [1.54, 1.807) is 18.2 Å². The largest absolute Gasteiger partial charge is 0.490 e. The number of halogens is 3. The predicted octanol–water partition coefficient (Wildman–Crippen LogP) is 3.99. The van der Waals surface area contributed by atoms with Crippen molar-refractivity contribution in [2.45, 2.75) is 12.6 Å². The predicted molar refractivity (Wildman–Crippen MR) is 78.1 cm³/mol. The Morgan fingerprint density at radius 2 is 2.00 bits per heavy atom. The standard InChI is InChI=1S/C16H15F3N2O/c1-21-8-3-9-22-14-7-6-13(20-15(14)21)11-4-2-5-12(10-11)16(17,18)19/h2,4-7,10H,3,8-9H2,1H3. The van der Waals surface area contributed by atoms with E-state index in [4.69, 9.17) is 4.74 Å². The highest BCUT2D eigenvalue weighted by Crippen LogP contribution is 2.34. The molecule has 116 valence electrons. The van der Waals surface area contributed by atoms with E-state index < -0.39 is 11.7 Å². The SMILES string of the molecule is CN1CCCOc2ccc(-c3cccc(C(F)(F)F)c3)nc21. The zero-order chi connectivity index (χ0) is 15.7. The molecule has 1 aromatic heterocycles. The highest BCUT2D eigenvalue weighted by Gasteiger charge is 2.30. The summed E-state index contributed by atoms with van der Waals surface area (Å²) in [6.45, 7) is 1.41. The van der Waals surface area contributed by atoms with Gasteiger partial charge in [0.1, 0.15) is 0 Å². The Morgan fingerprint density at radius 1 is 1.18 bits per heavy atom. The van der Waals surface area contributed by atoms with E-state index in [2.05, 4.69) is 4.98 Å². The van der Waals surface area contributed by atoms with Gasteiger partial charge in [0, 0.05) is 19.2 Å². The van der Waals surface area contributed by atoms with Gasteiger partial charge in [0.05, 0.1) is 17.9 Å². The summed E-state index contributed by atoms with van der Waals surface area (Å²) in [7, 11) is 1.90. The minimum Gasteiger partial charge on any atom is -0.490 e. The fourth-order valence-corrected chi connectivity index (χ4v) is 2.43. The van der Waals surface area contributed by atoms with Gasteiger partial charge in [-0.05, 0) is 30.7 Å². The summed E-state index contributed by atoms with van der Waals surface area (Å²) in [5.74, 6) is 1.32. The van der Waals surface area contributed by atoms with Gasteiger partial charge in [0.2, 0.25) is 0 Å². The Morgan fingerprint density at radius 3 is 2.77 bits per heavy atom. The highest BCUT2D eigenvalue weighted by molar-refractivity contribution is 5.66. The first-order valence-corrected chi connectivity index (χ1v) is 6.98. The summed E-state index contributed by atoms with van der Waals surface area (Å²) in [6.07, 6.45) is -3.48. The third kappa shape index (κ3) is 2.86. The molecule has 0 spiro atoms. The first-order chi connectivity index (χ1) is 10.4. The average Bonchev–Trinajstić information content (AvgIpc) is 2.68. The van der Waals surface area contributed by atoms with E-state index >= 15 is 0 Å². The molecule has 6 heteroatoms. The number of ether oxygens (including phenoxy) is 1. The lowest BCUT2D eigenvalue weighted by Crippen LogP contribution is -2.18. The minimum absolute atomic E-state index is 0.440. The number of fused-ring (bicyclic) bond motifs is 1. The zero-order valence-corrected chi connectivity index (χ0v) is 12.0. The van der Waals surface area contributed by atoms with Crippen LogP contribution in [0.25, 0.3) is 11.3 Å². The Labute approximate surface area is 126 Å². The van der Waals surface area contributed by atoms with Crippen LogP contribution in [-0.2, 0) is 6.18 Å². The normalized spacial score (nSPS) is 15.0. The molecule has 0 radical (unpaired) electrons. The molecule has 0 amide bonds. The van der Waals surface area contributed by atoms with Crippen LogP contribution in [0.4, 0.5) is 19.0 Å². The number of anilines is 1. The van der Waals surface area contributed by atoms with Gasteiger partial charge in [0.25, 0.3) is 0 Å². The molecule has 0 bridgehead atoms. The Balaban J connectivity index is 2.03. The topological polar surface area (TPSA) is 25.4 Å². The van der Waals surface area contributed by atoms with Crippen LogP contribution < -0.4 is 9.64 Å². The first kappa shape index (κ1) is 14.7. The van der Waals surface area contributed by atoms with Crippen LogP contribution in [0.3, 0.4) is 0 Å². The summed E-state index contributed by atoms with van der Waals surface area (Å²) in [4.78, 5) is 6.44. The van der Waals surface area contributed by atoms with E-state index in [0.29, 0.717) is 29.4 Å². The van der Waals surface area contributed by atoms with Crippen molar-refractivity contribution in [3.05, 3.63) is 42.0 Å². The first-order valence-electron chi connectivity index (χ1n) is 6.98. The number of hydrogen-bond acceptors (Lipinski definition) is 3. The van der Waals surface area contributed by atoms with E-state index in [0.717, 1.165) is 25.1 Å². The number of alkyl halides is 3. The summed E-state index contributed by atoms with van der Waals surface area (Å²) >= 11 is 0. The average molecular weight is 308 g/mol. The maximum atomic E-state index is 12.8. The number of pyridine rings is 1. The smallest absolute Gasteiger partial charge is 0.416 e. The molecule has 1 aliphatic rings. The number of benzene rings is 1. The lowest BCUT2D eigenvalue weighted by molar-refractivity contribution is -0.137. The molecule has 0 aliphatic carbocycles. The van der Waals surface area contributed by atoms with Gasteiger partial charge in [-0.25, -0.2) is 4.98 Å². The molecular weight excluding hydrogens is 293 g/mol. The molecule has 22 heavy (non-hydrogen) atoms. The summed E-state index contributed by atoms with van der Waals surface area (Å²) < 4.78 is 44.1. The minimum atomic E-state index is -4.36. The number of rotatable bonds is 1. The molecule has 0 saturated carbocycles. The van der Waals surface area contributed by atoms with Crippen LogP contribution in [0, 0.1) is 0 Å². The van der Waals surface area contributed by atoms with Crippen molar-refractivity contribution in [2.75, 3.05) is 25.1 Å². The number of aromatic nitrogens is 1. The van der Waals surface area contributed by atoms with E-state index in [1.807, 2.05) is 11.9 Å². The maximum Gasteiger partial charge on any atom is 0.416 e. The highest BCUT2D eigenvalue weighted by atomic mass is 19.4. The fourth-order valence-electron chi connectivity index (χ4n) is 2.43. The van der Waals surface area contributed by atoms with Crippen LogP contribution in [0.5, 0.6) is 5.75 Å². The number of hydrogen-bond donors (Lipinski definition) is 0. The fraction of sp³-hybridized carbons (Fsp3) is 0.312. The van der Waals surface area contributed by atoms with Gasteiger partial charge >= 0.3 is 6.18 Å². The quantitative estimate of drug-likeness (QED) is 0.796. The van der Waals surface area contributed by atoms with Gasteiger partial charge < -0.3 is 9.64 Å². The van der Waals surface area contributed by atoms with Crippen molar-refractivity contribution in [1.82, 2.24) is 4.98 Å². The van der Waals surface area contributed by atoms with Crippen molar-refractivity contribution in [3.63, 3.8) is 0 Å². The van der Waals surface area contributed by atoms with Crippen LogP contribution in [0.15, 0.2) is 36.4 Å². The van der Waals surface area contributed by atoms with Gasteiger partial charge in [-0.15, -0.1) is 0 Å². The van der Waals surface area contributed by atoms with Crippen molar-refractivity contribution >= 4 is 5.82 Å². The second-order valence-electron chi connectivity index (χ2n) is 5.22. The number of nitrogens with zero attached hydrogens (tertiary/aromatic N) is 2. The lowest BCUT2D eigenvalue weighted by Gasteiger charge is -2.17. The van der Waals surface area contributed by atoms with Crippen molar-refractivity contribution < 1.29 is 17.9 Å². The third-order valence-corrected chi connectivity index (χ3v) is 3.58. The van der Waals surface area contributed by atoms with Crippen LogP contribution in [0.2, 0.25) is 0 Å². The molecule has 0 unspecified atom stereocenters. The third-order valence-electron chi connectivity index (χ3n) is 3.58. The van der Waals surface area contributed by atoms with Gasteiger partial charge in [-0.3, -0.25) is 0 Å². The Kier molecular flexibility index (Phi) is 3.68. The molecule has 1 aliphatic heterocycles. The van der Waals surface area contributed by atoms with Crippen molar-refractivity contribution in [3.8, 4) is 17.0 Å². The van der Waals surface area contributed by atoms with Gasteiger partial charge in [-0.2, -0.15) is 13.2 Å². The van der Waals surface area contributed by atoms with Gasteiger partial charge in [0.15, 0.2) is 11.6 Å². The zero-order valence-electron chi connectivity index (χ0n) is 12.0. The monoisotopic (exact) mass is 308 g/mol. The second-order valence-corrected chi connectivity index (χ2v) is 5.22. The summed E-state index contributed by atoms with van der Waals surface area (Å²) in [6, 6.07) is 8.65.